The van der Waals surface area contributed by atoms with Crippen LogP contribution in [0.1, 0.15) is 28.5 Å². The lowest BCUT2D eigenvalue weighted by Crippen LogP contribution is -2.15. The molecule has 100 valence electrons. The molecule has 0 saturated carbocycles. The predicted molar refractivity (Wildman–Crippen MR) is 73.8 cm³/mol. The molecule has 2 aromatic rings. The molecule has 0 spiro atoms. The molecular formula is C13H13BrN2O3. The predicted octanol–water partition coefficient (Wildman–Crippen LogP) is 3.46. The summed E-state index contributed by atoms with van der Waals surface area (Å²) in [5.41, 5.74) is 2.36. The van der Waals surface area contributed by atoms with Gasteiger partial charge in [-0.3, -0.25) is 10.1 Å². The maximum absolute atomic E-state index is 11.0. The van der Waals surface area contributed by atoms with Crippen molar-refractivity contribution >= 4 is 15.9 Å². The maximum atomic E-state index is 11.0. The van der Waals surface area contributed by atoms with Crippen LogP contribution in [0.2, 0.25) is 0 Å². The van der Waals surface area contributed by atoms with Gasteiger partial charge in [0.2, 0.25) is 6.54 Å². The molecule has 0 amide bonds. The molecule has 19 heavy (non-hydrogen) atoms. The third-order valence-electron chi connectivity index (χ3n) is 3.05. The standard InChI is InChI=1S/C13H13BrN2O3/c1-8-13(9(2)19-15-8)11(7-16(17)18)10-5-3-4-6-12(10)14/h3-6,11H,7H2,1-2H3/t11-/m0/s1. The van der Waals surface area contributed by atoms with Crippen molar-refractivity contribution in [2.75, 3.05) is 6.54 Å². The Kier molecular flexibility index (Phi) is 3.99. The summed E-state index contributed by atoms with van der Waals surface area (Å²) in [6, 6.07) is 7.50. The molecule has 1 aromatic carbocycles. The van der Waals surface area contributed by atoms with Gasteiger partial charge in [0.05, 0.1) is 11.6 Å². The first-order valence-electron chi connectivity index (χ1n) is 5.79. The highest BCUT2D eigenvalue weighted by Crippen LogP contribution is 2.34. The van der Waals surface area contributed by atoms with E-state index in [-0.39, 0.29) is 17.4 Å². The van der Waals surface area contributed by atoms with Crippen molar-refractivity contribution in [3.63, 3.8) is 0 Å². The summed E-state index contributed by atoms with van der Waals surface area (Å²) in [5, 5.41) is 14.8. The van der Waals surface area contributed by atoms with Crippen LogP contribution in [0.25, 0.3) is 0 Å². The number of rotatable bonds is 4. The van der Waals surface area contributed by atoms with E-state index >= 15 is 0 Å². The molecule has 0 unspecified atom stereocenters. The number of nitrogens with zero attached hydrogens (tertiary/aromatic N) is 2. The molecule has 5 nitrogen and oxygen atoms in total. The minimum absolute atomic E-state index is 0.189. The smallest absolute Gasteiger partial charge is 0.214 e. The molecule has 0 bridgehead atoms. The summed E-state index contributed by atoms with van der Waals surface area (Å²) < 4.78 is 5.98. The normalized spacial score (nSPS) is 12.4. The third kappa shape index (κ3) is 2.84. The van der Waals surface area contributed by atoms with Gasteiger partial charge in [0, 0.05) is 15.0 Å². The number of hydrogen-bond acceptors (Lipinski definition) is 4. The molecule has 0 aliphatic carbocycles. The third-order valence-corrected chi connectivity index (χ3v) is 3.77. The van der Waals surface area contributed by atoms with Crippen LogP contribution in [0.3, 0.4) is 0 Å². The highest BCUT2D eigenvalue weighted by atomic mass is 79.9. The number of aromatic nitrogens is 1. The van der Waals surface area contributed by atoms with Gasteiger partial charge in [0.25, 0.3) is 0 Å². The second-order valence-corrected chi connectivity index (χ2v) is 5.18. The van der Waals surface area contributed by atoms with Gasteiger partial charge >= 0.3 is 0 Å². The molecule has 1 aromatic heterocycles. The number of hydrogen-bond donors (Lipinski definition) is 0. The van der Waals surface area contributed by atoms with Crippen molar-refractivity contribution in [2.24, 2.45) is 0 Å². The summed E-state index contributed by atoms with van der Waals surface area (Å²) in [7, 11) is 0. The molecule has 0 N–H and O–H groups in total. The van der Waals surface area contributed by atoms with E-state index in [4.69, 9.17) is 4.52 Å². The highest BCUT2D eigenvalue weighted by molar-refractivity contribution is 9.10. The van der Waals surface area contributed by atoms with E-state index < -0.39 is 0 Å². The molecule has 0 aliphatic rings. The Morgan fingerprint density at radius 3 is 2.63 bits per heavy atom. The zero-order chi connectivity index (χ0) is 14.0. The van der Waals surface area contributed by atoms with Gasteiger partial charge in [-0.25, -0.2) is 0 Å². The molecular weight excluding hydrogens is 312 g/mol. The lowest BCUT2D eigenvalue weighted by Gasteiger charge is -2.14. The van der Waals surface area contributed by atoms with Gasteiger partial charge in [-0.05, 0) is 25.5 Å². The van der Waals surface area contributed by atoms with Crippen LogP contribution >= 0.6 is 15.9 Å². The average Bonchev–Trinajstić information content (AvgIpc) is 2.67. The molecule has 2 rings (SSSR count). The van der Waals surface area contributed by atoms with Crippen LogP contribution in [-0.2, 0) is 0 Å². The first-order valence-corrected chi connectivity index (χ1v) is 6.59. The van der Waals surface area contributed by atoms with Crippen LogP contribution in [0.15, 0.2) is 33.3 Å². The van der Waals surface area contributed by atoms with Gasteiger partial charge in [0.1, 0.15) is 5.76 Å². The quantitative estimate of drug-likeness (QED) is 0.637. The fraction of sp³-hybridized carbons (Fsp3) is 0.308. The van der Waals surface area contributed by atoms with Crippen LogP contribution < -0.4 is 0 Å². The molecule has 0 radical (unpaired) electrons. The van der Waals surface area contributed by atoms with E-state index in [9.17, 15) is 10.1 Å². The van der Waals surface area contributed by atoms with Gasteiger partial charge in [0.15, 0.2) is 0 Å². The minimum atomic E-state index is -0.364. The first kappa shape index (κ1) is 13.7. The SMILES string of the molecule is Cc1noc(C)c1[C@@H](C[N+](=O)[O-])c1ccccc1Br. The fourth-order valence-corrected chi connectivity index (χ4v) is 2.80. The highest BCUT2D eigenvalue weighted by Gasteiger charge is 2.28. The summed E-state index contributed by atoms with van der Waals surface area (Å²) >= 11 is 3.45. The van der Waals surface area contributed by atoms with Gasteiger partial charge in [-0.1, -0.05) is 39.3 Å². The lowest BCUT2D eigenvalue weighted by atomic mass is 9.90. The molecule has 1 atom stereocenters. The monoisotopic (exact) mass is 324 g/mol. The van der Waals surface area contributed by atoms with Crippen molar-refractivity contribution in [1.82, 2.24) is 5.16 Å². The second kappa shape index (κ2) is 5.52. The summed E-state index contributed by atoms with van der Waals surface area (Å²) in [6.07, 6.45) is 0. The molecule has 0 saturated heterocycles. The van der Waals surface area contributed by atoms with Gasteiger partial charge in [-0.15, -0.1) is 0 Å². The fourth-order valence-electron chi connectivity index (χ4n) is 2.24. The van der Waals surface area contributed by atoms with Crippen LogP contribution in [-0.4, -0.2) is 16.6 Å². The Balaban J connectivity index is 2.54. The van der Waals surface area contributed by atoms with Crippen molar-refractivity contribution in [3.05, 3.63) is 61.4 Å². The van der Waals surface area contributed by atoms with Crippen molar-refractivity contribution < 1.29 is 9.45 Å². The minimum Gasteiger partial charge on any atom is -0.361 e. The Morgan fingerprint density at radius 2 is 2.11 bits per heavy atom. The number of aryl methyl sites for hydroxylation is 2. The zero-order valence-electron chi connectivity index (χ0n) is 10.6. The van der Waals surface area contributed by atoms with E-state index in [2.05, 4.69) is 21.1 Å². The zero-order valence-corrected chi connectivity index (χ0v) is 12.2. The van der Waals surface area contributed by atoms with E-state index in [1.54, 1.807) is 13.8 Å². The largest absolute Gasteiger partial charge is 0.361 e. The van der Waals surface area contributed by atoms with Crippen molar-refractivity contribution in [2.45, 2.75) is 19.8 Å². The van der Waals surface area contributed by atoms with Crippen molar-refractivity contribution in [1.29, 1.82) is 0 Å². The first-order chi connectivity index (χ1) is 9.00. The lowest BCUT2D eigenvalue weighted by molar-refractivity contribution is -0.481. The van der Waals surface area contributed by atoms with E-state index in [0.29, 0.717) is 11.5 Å². The molecule has 0 fully saturated rings. The van der Waals surface area contributed by atoms with Crippen molar-refractivity contribution in [3.8, 4) is 0 Å². The summed E-state index contributed by atoms with van der Waals surface area (Å²) in [4.78, 5) is 10.6. The van der Waals surface area contributed by atoms with Crippen LogP contribution in [0, 0.1) is 24.0 Å². The van der Waals surface area contributed by atoms with E-state index in [1.165, 1.54) is 0 Å². The summed E-state index contributed by atoms with van der Waals surface area (Å²) in [5.74, 6) is 0.261. The molecule has 1 heterocycles. The van der Waals surface area contributed by atoms with Crippen LogP contribution in [0.4, 0.5) is 0 Å². The van der Waals surface area contributed by atoms with Crippen LogP contribution in [0.5, 0.6) is 0 Å². The Morgan fingerprint density at radius 1 is 1.42 bits per heavy atom. The Hall–Kier alpha value is -1.69. The Bertz CT molecular complexity index is 590. The number of benzene rings is 1. The van der Waals surface area contributed by atoms with E-state index in [1.807, 2.05) is 24.3 Å². The topological polar surface area (TPSA) is 69.2 Å². The van der Waals surface area contributed by atoms with Gasteiger partial charge in [-0.2, -0.15) is 0 Å². The second-order valence-electron chi connectivity index (χ2n) is 4.33. The maximum Gasteiger partial charge on any atom is 0.214 e. The Labute approximate surface area is 118 Å². The number of nitro groups is 1. The molecule has 0 aliphatic heterocycles. The van der Waals surface area contributed by atoms with Gasteiger partial charge < -0.3 is 4.52 Å². The summed E-state index contributed by atoms with van der Waals surface area (Å²) in [6.45, 7) is 3.39. The molecule has 6 heteroatoms. The number of halogens is 1. The van der Waals surface area contributed by atoms with E-state index in [0.717, 1.165) is 15.6 Å². The average molecular weight is 325 g/mol.